The Labute approximate surface area is 116 Å². The average molecular weight is 318 g/mol. The van der Waals surface area contributed by atoms with Crippen LogP contribution in [0.25, 0.3) is 0 Å². The molecule has 0 aliphatic carbocycles. The Bertz CT molecular complexity index is 418. The summed E-state index contributed by atoms with van der Waals surface area (Å²) in [6, 6.07) is 0. The molecule has 0 N–H and O–H groups in total. The third-order valence-corrected chi connectivity index (χ3v) is 3.28. The molecule has 5 nitrogen and oxygen atoms in total. The molecule has 0 spiro atoms. The van der Waals surface area contributed by atoms with E-state index in [1.54, 1.807) is 16.7 Å². The molecular weight excluding hydrogens is 298 g/mol. The van der Waals surface area contributed by atoms with Crippen molar-refractivity contribution in [1.29, 1.82) is 0 Å². The molecule has 18 heavy (non-hydrogen) atoms. The van der Waals surface area contributed by atoms with E-state index in [1.165, 1.54) is 0 Å². The predicted molar refractivity (Wildman–Crippen MR) is 74.3 cm³/mol. The molecule has 0 aliphatic heterocycles. The number of aryl methyl sites for hydroxylation is 2. The number of amides is 1. The third kappa shape index (κ3) is 3.32. The summed E-state index contributed by atoms with van der Waals surface area (Å²) in [5, 5.41) is 5.03. The van der Waals surface area contributed by atoms with Crippen LogP contribution in [0.5, 0.6) is 0 Å². The topological polar surface area (TPSA) is 47.4 Å². The molecule has 6 heteroatoms. The van der Waals surface area contributed by atoms with E-state index >= 15 is 0 Å². The fourth-order valence-electron chi connectivity index (χ4n) is 1.86. The fourth-order valence-corrected chi connectivity index (χ4v) is 2.29. The summed E-state index contributed by atoms with van der Waals surface area (Å²) in [6.07, 6.45) is 0. The summed E-state index contributed by atoms with van der Waals surface area (Å²) in [5.41, 5.74) is 2.38. The summed E-state index contributed by atoms with van der Waals surface area (Å²) in [5.74, 6) is 0.0228. The molecule has 102 valence electrons. The molecular formula is C12H20BrN3O2. The van der Waals surface area contributed by atoms with Crippen molar-refractivity contribution in [1.82, 2.24) is 14.7 Å². The molecule has 0 saturated carbocycles. The first-order valence-corrected chi connectivity index (χ1v) is 6.99. The van der Waals surface area contributed by atoms with Gasteiger partial charge in [-0.2, -0.15) is 5.10 Å². The lowest BCUT2D eigenvalue weighted by atomic mass is 10.1. The Kier molecular flexibility index (Phi) is 5.81. The van der Waals surface area contributed by atoms with Gasteiger partial charge in [0.1, 0.15) is 0 Å². The second-order valence-corrected chi connectivity index (χ2v) is 4.94. The standard InChI is InChI=1S/C12H20BrN3O2/c1-9-11(10(2)15(3)14-9)12(17)16(6-5-13)7-8-18-4/h5-8H2,1-4H3. The Morgan fingerprint density at radius 2 is 2.11 bits per heavy atom. The van der Waals surface area contributed by atoms with Gasteiger partial charge in [0, 0.05) is 38.3 Å². The third-order valence-electron chi connectivity index (χ3n) is 2.93. The Hall–Kier alpha value is -0.880. The lowest BCUT2D eigenvalue weighted by Gasteiger charge is -2.21. The first-order chi connectivity index (χ1) is 8.52. The molecule has 1 heterocycles. The Balaban J connectivity index is 2.94. The highest BCUT2D eigenvalue weighted by Crippen LogP contribution is 2.15. The lowest BCUT2D eigenvalue weighted by molar-refractivity contribution is 0.0707. The number of alkyl halides is 1. The molecule has 0 unspecified atom stereocenters. The van der Waals surface area contributed by atoms with Gasteiger partial charge >= 0.3 is 0 Å². The van der Waals surface area contributed by atoms with Crippen LogP contribution in [0.1, 0.15) is 21.7 Å². The van der Waals surface area contributed by atoms with Crippen molar-refractivity contribution in [3.63, 3.8) is 0 Å². The van der Waals surface area contributed by atoms with Gasteiger partial charge in [-0.25, -0.2) is 0 Å². The first-order valence-electron chi connectivity index (χ1n) is 5.87. The van der Waals surface area contributed by atoms with E-state index < -0.39 is 0 Å². The van der Waals surface area contributed by atoms with Gasteiger partial charge in [0.05, 0.1) is 17.9 Å². The zero-order chi connectivity index (χ0) is 13.7. The zero-order valence-electron chi connectivity index (χ0n) is 11.4. The minimum atomic E-state index is 0.0228. The van der Waals surface area contributed by atoms with Crippen molar-refractivity contribution in [2.75, 3.05) is 32.1 Å². The number of rotatable bonds is 6. The SMILES string of the molecule is COCCN(CCBr)C(=O)c1c(C)nn(C)c1C. The van der Waals surface area contributed by atoms with Gasteiger partial charge in [0.25, 0.3) is 5.91 Å². The van der Waals surface area contributed by atoms with E-state index in [0.717, 1.165) is 16.7 Å². The number of halogens is 1. The second-order valence-electron chi connectivity index (χ2n) is 4.14. The molecule has 0 atom stereocenters. The number of carbonyl (C=O) groups excluding carboxylic acids is 1. The van der Waals surface area contributed by atoms with Crippen molar-refractivity contribution in [2.45, 2.75) is 13.8 Å². The van der Waals surface area contributed by atoms with Crippen molar-refractivity contribution in [3.05, 3.63) is 17.0 Å². The van der Waals surface area contributed by atoms with Gasteiger partial charge in [-0.3, -0.25) is 9.48 Å². The lowest BCUT2D eigenvalue weighted by Crippen LogP contribution is -2.36. The normalized spacial score (nSPS) is 10.7. The number of hydrogen-bond acceptors (Lipinski definition) is 3. The van der Waals surface area contributed by atoms with Crippen LogP contribution in [0.3, 0.4) is 0 Å². The number of ether oxygens (including phenoxy) is 1. The molecule has 1 rings (SSSR count). The quantitative estimate of drug-likeness (QED) is 0.747. The monoisotopic (exact) mass is 317 g/mol. The van der Waals surface area contributed by atoms with Gasteiger partial charge in [0.2, 0.25) is 0 Å². The summed E-state index contributed by atoms with van der Waals surface area (Å²) in [6.45, 7) is 5.57. The molecule has 1 amide bonds. The minimum absolute atomic E-state index is 0.0228. The van der Waals surface area contributed by atoms with Crippen LogP contribution in [0, 0.1) is 13.8 Å². The van der Waals surface area contributed by atoms with Crippen molar-refractivity contribution in [3.8, 4) is 0 Å². The summed E-state index contributed by atoms with van der Waals surface area (Å²) >= 11 is 3.37. The van der Waals surface area contributed by atoms with Crippen LogP contribution >= 0.6 is 15.9 Å². The van der Waals surface area contributed by atoms with Gasteiger partial charge in [0.15, 0.2) is 0 Å². The molecule has 0 aromatic carbocycles. The molecule has 0 aliphatic rings. The zero-order valence-corrected chi connectivity index (χ0v) is 13.0. The number of hydrogen-bond donors (Lipinski definition) is 0. The van der Waals surface area contributed by atoms with E-state index in [4.69, 9.17) is 4.74 Å². The number of methoxy groups -OCH3 is 1. The Morgan fingerprint density at radius 3 is 2.56 bits per heavy atom. The van der Waals surface area contributed by atoms with E-state index in [2.05, 4.69) is 21.0 Å². The first kappa shape index (κ1) is 15.2. The van der Waals surface area contributed by atoms with Crippen LogP contribution < -0.4 is 0 Å². The molecule has 0 fully saturated rings. The van der Waals surface area contributed by atoms with E-state index in [-0.39, 0.29) is 5.91 Å². The number of aromatic nitrogens is 2. The highest BCUT2D eigenvalue weighted by atomic mass is 79.9. The van der Waals surface area contributed by atoms with Crippen molar-refractivity contribution in [2.24, 2.45) is 7.05 Å². The summed E-state index contributed by atoms with van der Waals surface area (Å²) < 4.78 is 6.78. The van der Waals surface area contributed by atoms with Crippen LogP contribution in [-0.4, -0.2) is 52.7 Å². The van der Waals surface area contributed by atoms with Crippen molar-refractivity contribution >= 4 is 21.8 Å². The maximum atomic E-state index is 12.5. The number of nitrogens with zero attached hydrogens (tertiary/aromatic N) is 3. The molecule has 1 aromatic heterocycles. The molecule has 0 radical (unpaired) electrons. The predicted octanol–water partition coefficient (Wildman–Crippen LogP) is 1.52. The van der Waals surface area contributed by atoms with Gasteiger partial charge in [-0.1, -0.05) is 15.9 Å². The minimum Gasteiger partial charge on any atom is -0.383 e. The fraction of sp³-hybridized carbons (Fsp3) is 0.667. The van der Waals surface area contributed by atoms with E-state index in [9.17, 15) is 4.79 Å². The van der Waals surface area contributed by atoms with Crippen LogP contribution in [0.2, 0.25) is 0 Å². The molecule has 0 bridgehead atoms. The van der Waals surface area contributed by atoms with Gasteiger partial charge in [-0.15, -0.1) is 0 Å². The van der Waals surface area contributed by atoms with E-state index in [0.29, 0.717) is 25.3 Å². The summed E-state index contributed by atoms with van der Waals surface area (Å²) in [4.78, 5) is 14.3. The molecule has 1 aromatic rings. The molecule has 0 saturated heterocycles. The number of carbonyl (C=O) groups is 1. The Morgan fingerprint density at radius 1 is 1.44 bits per heavy atom. The van der Waals surface area contributed by atoms with Crippen LogP contribution in [0.4, 0.5) is 0 Å². The summed E-state index contributed by atoms with van der Waals surface area (Å²) in [7, 11) is 3.49. The highest BCUT2D eigenvalue weighted by molar-refractivity contribution is 9.09. The maximum absolute atomic E-state index is 12.5. The van der Waals surface area contributed by atoms with E-state index in [1.807, 2.05) is 20.9 Å². The van der Waals surface area contributed by atoms with Crippen molar-refractivity contribution < 1.29 is 9.53 Å². The average Bonchev–Trinajstić information content (AvgIpc) is 2.58. The van der Waals surface area contributed by atoms with Gasteiger partial charge in [-0.05, 0) is 13.8 Å². The van der Waals surface area contributed by atoms with Gasteiger partial charge < -0.3 is 9.64 Å². The smallest absolute Gasteiger partial charge is 0.257 e. The highest BCUT2D eigenvalue weighted by Gasteiger charge is 2.22. The van der Waals surface area contributed by atoms with Crippen LogP contribution in [0.15, 0.2) is 0 Å². The second kappa shape index (κ2) is 6.89. The largest absolute Gasteiger partial charge is 0.383 e. The maximum Gasteiger partial charge on any atom is 0.257 e. The van der Waals surface area contributed by atoms with Crippen LogP contribution in [-0.2, 0) is 11.8 Å².